The van der Waals surface area contributed by atoms with Crippen LogP contribution in [0.1, 0.15) is 38.5 Å². The van der Waals surface area contributed by atoms with Crippen LogP contribution in [0.4, 0.5) is 0 Å². The minimum atomic E-state index is -0.941. The number of methoxy groups -OCH3 is 1. The molecule has 118 valence electrons. The second-order valence-electron chi connectivity index (χ2n) is 7.31. The zero-order valence-electron chi connectivity index (χ0n) is 12.7. The molecule has 0 aromatic rings. The van der Waals surface area contributed by atoms with Gasteiger partial charge in [-0.05, 0) is 56.3 Å². The number of carboxylic acids is 1. The van der Waals surface area contributed by atoms with Crippen LogP contribution >= 0.6 is 0 Å². The zero-order chi connectivity index (χ0) is 15.0. The fourth-order valence-corrected chi connectivity index (χ4v) is 5.33. The topological polar surface area (TPSA) is 66.8 Å². The van der Waals surface area contributed by atoms with Crippen molar-refractivity contribution in [3.63, 3.8) is 0 Å². The highest BCUT2D eigenvalue weighted by Gasteiger charge is 2.55. The van der Waals surface area contributed by atoms with E-state index in [2.05, 4.69) is 0 Å². The number of carboxylic acid groups (broad SMARTS) is 1. The Balaban J connectivity index is 1.76. The molecule has 0 aliphatic heterocycles. The van der Waals surface area contributed by atoms with Crippen LogP contribution < -0.4 is 0 Å². The molecule has 0 spiro atoms. The van der Waals surface area contributed by atoms with Crippen molar-refractivity contribution in [2.24, 2.45) is 23.2 Å². The highest BCUT2D eigenvalue weighted by atomic mass is 16.5. The van der Waals surface area contributed by atoms with Gasteiger partial charge in [-0.25, -0.2) is 0 Å². The van der Waals surface area contributed by atoms with Crippen molar-refractivity contribution >= 4 is 11.9 Å². The Bertz CT molecular complexity index is 399. The van der Waals surface area contributed by atoms with Crippen LogP contribution in [0.15, 0.2) is 0 Å². The molecule has 1 amide bonds. The largest absolute Gasteiger partial charge is 0.480 e. The summed E-state index contributed by atoms with van der Waals surface area (Å²) in [5.74, 6) is 1.20. The number of ether oxygens (including phenoxy) is 1. The quantitative estimate of drug-likeness (QED) is 0.811. The third-order valence-electron chi connectivity index (χ3n) is 5.67. The monoisotopic (exact) mass is 295 g/mol. The molecule has 4 aliphatic carbocycles. The summed E-state index contributed by atoms with van der Waals surface area (Å²) in [7, 11) is 1.58. The lowest BCUT2D eigenvalue weighted by atomic mass is 9.49. The summed E-state index contributed by atoms with van der Waals surface area (Å²) >= 11 is 0. The van der Waals surface area contributed by atoms with Gasteiger partial charge in [-0.3, -0.25) is 9.59 Å². The first-order valence-corrected chi connectivity index (χ1v) is 8.02. The molecule has 21 heavy (non-hydrogen) atoms. The first-order valence-electron chi connectivity index (χ1n) is 8.02. The molecular weight excluding hydrogens is 270 g/mol. The van der Waals surface area contributed by atoms with Crippen molar-refractivity contribution in [1.82, 2.24) is 4.90 Å². The van der Waals surface area contributed by atoms with Gasteiger partial charge in [0.15, 0.2) is 0 Å². The Labute approximate surface area is 125 Å². The van der Waals surface area contributed by atoms with Gasteiger partial charge in [0, 0.05) is 13.7 Å². The van der Waals surface area contributed by atoms with Gasteiger partial charge >= 0.3 is 5.97 Å². The van der Waals surface area contributed by atoms with E-state index in [1.165, 1.54) is 24.2 Å². The lowest BCUT2D eigenvalue weighted by Gasteiger charge is -2.56. The molecule has 0 heterocycles. The summed E-state index contributed by atoms with van der Waals surface area (Å²) in [6, 6.07) is 0. The summed E-state index contributed by atoms with van der Waals surface area (Å²) in [5, 5.41) is 9.08. The van der Waals surface area contributed by atoms with E-state index in [9.17, 15) is 9.59 Å². The average Bonchev–Trinajstić information content (AvgIpc) is 2.40. The van der Waals surface area contributed by atoms with Gasteiger partial charge in [0.05, 0.1) is 12.0 Å². The SMILES string of the molecule is COCCN(CC(=O)O)C(=O)C12CC3CC(CC(C3)C1)C2. The van der Waals surface area contributed by atoms with Crippen LogP contribution in [0, 0.1) is 23.2 Å². The second kappa shape index (κ2) is 5.59. The number of nitrogens with zero attached hydrogens (tertiary/aromatic N) is 1. The first-order chi connectivity index (χ1) is 10.0. The number of rotatable bonds is 6. The summed E-state index contributed by atoms with van der Waals surface area (Å²) in [4.78, 5) is 25.6. The van der Waals surface area contributed by atoms with Crippen molar-refractivity contribution in [3.8, 4) is 0 Å². The predicted molar refractivity (Wildman–Crippen MR) is 76.7 cm³/mol. The van der Waals surface area contributed by atoms with Gasteiger partial charge in [0.25, 0.3) is 0 Å². The Kier molecular flexibility index (Phi) is 3.95. The van der Waals surface area contributed by atoms with E-state index >= 15 is 0 Å². The average molecular weight is 295 g/mol. The Morgan fingerprint density at radius 1 is 1.14 bits per heavy atom. The molecule has 0 aromatic heterocycles. The molecule has 0 saturated heterocycles. The lowest BCUT2D eigenvalue weighted by Crippen LogP contribution is -2.55. The minimum Gasteiger partial charge on any atom is -0.480 e. The lowest BCUT2D eigenvalue weighted by molar-refractivity contribution is -0.162. The van der Waals surface area contributed by atoms with E-state index in [1.54, 1.807) is 7.11 Å². The summed E-state index contributed by atoms with van der Waals surface area (Å²) in [6.07, 6.45) is 6.76. The number of hydrogen-bond donors (Lipinski definition) is 1. The molecule has 5 nitrogen and oxygen atoms in total. The Morgan fingerprint density at radius 3 is 2.10 bits per heavy atom. The van der Waals surface area contributed by atoms with Crippen LogP contribution in [-0.4, -0.2) is 48.7 Å². The third kappa shape index (κ3) is 2.80. The standard InChI is InChI=1S/C16H25NO4/c1-21-3-2-17(10-14(18)19)15(20)16-7-11-4-12(8-16)6-13(5-11)9-16/h11-13H,2-10H2,1H3,(H,18,19). The van der Waals surface area contributed by atoms with Gasteiger partial charge in [-0.15, -0.1) is 0 Å². The van der Waals surface area contributed by atoms with Crippen LogP contribution in [-0.2, 0) is 14.3 Å². The maximum absolute atomic E-state index is 13.0. The molecule has 1 N–H and O–H groups in total. The molecule has 4 aliphatic rings. The Morgan fingerprint density at radius 2 is 1.67 bits per heavy atom. The normalized spacial score (nSPS) is 36.7. The number of aliphatic carboxylic acids is 1. The molecule has 4 fully saturated rings. The van der Waals surface area contributed by atoms with Crippen LogP contribution in [0.25, 0.3) is 0 Å². The van der Waals surface area contributed by atoms with Crippen LogP contribution in [0.3, 0.4) is 0 Å². The van der Waals surface area contributed by atoms with Gasteiger partial charge in [0.2, 0.25) is 5.91 Å². The number of amides is 1. The van der Waals surface area contributed by atoms with Gasteiger partial charge in [-0.1, -0.05) is 0 Å². The zero-order valence-corrected chi connectivity index (χ0v) is 12.7. The third-order valence-corrected chi connectivity index (χ3v) is 5.67. The molecule has 5 heteroatoms. The van der Waals surface area contributed by atoms with Crippen molar-refractivity contribution in [2.45, 2.75) is 38.5 Å². The van der Waals surface area contributed by atoms with Crippen molar-refractivity contribution < 1.29 is 19.4 Å². The highest BCUT2D eigenvalue weighted by Crippen LogP contribution is 2.60. The number of hydrogen-bond acceptors (Lipinski definition) is 3. The van der Waals surface area contributed by atoms with E-state index in [1.807, 2.05) is 0 Å². The van der Waals surface area contributed by atoms with E-state index in [-0.39, 0.29) is 17.9 Å². The maximum Gasteiger partial charge on any atom is 0.323 e. The molecule has 4 bridgehead atoms. The molecule has 4 rings (SSSR count). The van der Waals surface area contributed by atoms with E-state index in [4.69, 9.17) is 9.84 Å². The summed E-state index contributed by atoms with van der Waals surface area (Å²) in [6.45, 7) is 0.568. The fraction of sp³-hybridized carbons (Fsp3) is 0.875. The summed E-state index contributed by atoms with van der Waals surface area (Å²) < 4.78 is 5.04. The van der Waals surface area contributed by atoms with Gasteiger partial charge < -0.3 is 14.7 Å². The molecule has 0 unspecified atom stereocenters. The van der Waals surface area contributed by atoms with Gasteiger partial charge in [0.1, 0.15) is 6.54 Å². The van der Waals surface area contributed by atoms with E-state index in [0.717, 1.165) is 19.3 Å². The van der Waals surface area contributed by atoms with Crippen LogP contribution in [0.5, 0.6) is 0 Å². The predicted octanol–water partition coefficient (Wildman–Crippen LogP) is 1.76. The Hall–Kier alpha value is -1.10. The van der Waals surface area contributed by atoms with E-state index in [0.29, 0.717) is 30.9 Å². The second-order valence-corrected chi connectivity index (χ2v) is 7.31. The van der Waals surface area contributed by atoms with Crippen LogP contribution in [0.2, 0.25) is 0 Å². The molecule has 0 radical (unpaired) electrons. The maximum atomic E-state index is 13.0. The van der Waals surface area contributed by atoms with Gasteiger partial charge in [-0.2, -0.15) is 0 Å². The van der Waals surface area contributed by atoms with Crippen molar-refractivity contribution in [2.75, 3.05) is 26.8 Å². The molecule has 0 aromatic carbocycles. The molecule has 4 saturated carbocycles. The van der Waals surface area contributed by atoms with E-state index < -0.39 is 5.97 Å². The number of carbonyl (C=O) groups excluding carboxylic acids is 1. The molecular formula is C16H25NO4. The van der Waals surface area contributed by atoms with Crippen molar-refractivity contribution in [1.29, 1.82) is 0 Å². The summed E-state index contributed by atoms with van der Waals surface area (Å²) in [5.41, 5.74) is -0.266. The number of carbonyl (C=O) groups is 2. The minimum absolute atomic E-state index is 0.0704. The first kappa shape index (κ1) is 14.8. The van der Waals surface area contributed by atoms with Crippen molar-refractivity contribution in [3.05, 3.63) is 0 Å². The smallest absolute Gasteiger partial charge is 0.323 e. The molecule has 0 atom stereocenters. The fourth-order valence-electron chi connectivity index (χ4n) is 5.33. The highest BCUT2D eigenvalue weighted by molar-refractivity contribution is 5.86.